The standard InChI is InChI=1S/C57H36O2/c1-57(2)48-27-21-36(54-40-16-8-6-14-38(40)53(33-12-4-3-5-13-33)39-15-7-9-17-41(39)54)31-46(48)37-23-20-35(32-49(37)57)34-22-28-51-47(30-34)44-25-24-42-43(56(44)59-51)26-29-52-55(42)45-18-10-11-19-50(45)58-52/h3-32H,1-2H3. The first-order valence-corrected chi connectivity index (χ1v) is 20.5. The van der Waals surface area contributed by atoms with Crippen molar-refractivity contribution in [2.24, 2.45) is 0 Å². The van der Waals surface area contributed by atoms with Crippen molar-refractivity contribution >= 4 is 76.2 Å². The lowest BCUT2D eigenvalue weighted by atomic mass is 9.81. The molecule has 2 heterocycles. The predicted octanol–water partition coefficient (Wildman–Crippen LogP) is 16.3. The molecule has 0 aliphatic heterocycles. The second-order valence-electron chi connectivity index (χ2n) is 16.7. The van der Waals surface area contributed by atoms with Gasteiger partial charge < -0.3 is 8.83 Å². The van der Waals surface area contributed by atoms with Gasteiger partial charge in [-0.3, -0.25) is 0 Å². The number of para-hydroxylation sites is 1. The minimum Gasteiger partial charge on any atom is -0.456 e. The molecule has 0 saturated carbocycles. The molecule has 0 bridgehead atoms. The van der Waals surface area contributed by atoms with E-state index in [-0.39, 0.29) is 5.41 Å². The van der Waals surface area contributed by atoms with Crippen molar-refractivity contribution in [1.29, 1.82) is 0 Å². The average Bonchev–Trinajstić information content (AvgIpc) is 3.93. The number of hydrogen-bond acceptors (Lipinski definition) is 2. The first-order chi connectivity index (χ1) is 29.0. The van der Waals surface area contributed by atoms with Gasteiger partial charge in [-0.2, -0.15) is 0 Å². The molecule has 0 unspecified atom stereocenters. The highest BCUT2D eigenvalue weighted by Crippen LogP contribution is 2.52. The maximum atomic E-state index is 6.64. The van der Waals surface area contributed by atoms with E-state index in [0.717, 1.165) is 54.6 Å². The van der Waals surface area contributed by atoms with E-state index in [1.165, 1.54) is 77.2 Å². The average molecular weight is 753 g/mol. The lowest BCUT2D eigenvalue weighted by Gasteiger charge is -2.22. The number of fused-ring (bicyclic) bond motifs is 14. The van der Waals surface area contributed by atoms with Crippen LogP contribution in [0.25, 0.3) is 121 Å². The Balaban J connectivity index is 0.941. The van der Waals surface area contributed by atoms with Gasteiger partial charge in [-0.15, -0.1) is 0 Å². The van der Waals surface area contributed by atoms with Crippen LogP contribution >= 0.6 is 0 Å². The molecule has 1 aliphatic carbocycles. The Kier molecular flexibility index (Phi) is 6.54. The van der Waals surface area contributed by atoms with E-state index in [4.69, 9.17) is 8.83 Å². The molecule has 1 aliphatic rings. The SMILES string of the molecule is CC1(C)c2ccc(-c3c4ccccc4c(-c4ccccc4)c4ccccc34)cc2-c2ccc(-c3ccc4oc5c(ccc6c5ccc5oc7ccccc7c56)c4c3)cc21. The highest BCUT2D eigenvalue weighted by molar-refractivity contribution is 6.25. The van der Waals surface area contributed by atoms with Gasteiger partial charge in [0.25, 0.3) is 0 Å². The van der Waals surface area contributed by atoms with Crippen LogP contribution in [-0.4, -0.2) is 0 Å². The Hall–Kier alpha value is -7.42. The van der Waals surface area contributed by atoms with Crippen LogP contribution in [0.1, 0.15) is 25.0 Å². The van der Waals surface area contributed by atoms with Gasteiger partial charge in [-0.25, -0.2) is 0 Å². The molecular formula is C57H36O2. The highest BCUT2D eigenvalue weighted by atomic mass is 16.3. The van der Waals surface area contributed by atoms with Crippen molar-refractivity contribution in [3.05, 3.63) is 193 Å². The quantitative estimate of drug-likeness (QED) is 0.168. The van der Waals surface area contributed by atoms with Gasteiger partial charge in [-0.05, 0) is 131 Å². The predicted molar refractivity (Wildman–Crippen MR) is 247 cm³/mol. The molecule has 12 aromatic rings. The summed E-state index contributed by atoms with van der Waals surface area (Å²) in [5.74, 6) is 0. The summed E-state index contributed by atoms with van der Waals surface area (Å²) in [6.45, 7) is 4.75. The van der Waals surface area contributed by atoms with Gasteiger partial charge in [0, 0.05) is 32.3 Å². The van der Waals surface area contributed by atoms with E-state index in [1.807, 2.05) is 12.1 Å². The monoisotopic (exact) mass is 752 g/mol. The molecule has 0 spiro atoms. The molecular weight excluding hydrogens is 717 g/mol. The summed E-state index contributed by atoms with van der Waals surface area (Å²) in [7, 11) is 0. The van der Waals surface area contributed by atoms with Crippen LogP contribution in [0.5, 0.6) is 0 Å². The van der Waals surface area contributed by atoms with E-state index in [2.05, 4.69) is 184 Å². The fourth-order valence-electron chi connectivity index (χ4n) is 10.5. The Bertz CT molecular complexity index is 3690. The van der Waals surface area contributed by atoms with Crippen LogP contribution in [0.15, 0.2) is 191 Å². The fourth-order valence-corrected chi connectivity index (χ4v) is 10.5. The van der Waals surface area contributed by atoms with E-state index >= 15 is 0 Å². The largest absolute Gasteiger partial charge is 0.456 e. The van der Waals surface area contributed by atoms with E-state index in [9.17, 15) is 0 Å². The van der Waals surface area contributed by atoms with Gasteiger partial charge >= 0.3 is 0 Å². The van der Waals surface area contributed by atoms with Crippen molar-refractivity contribution in [2.45, 2.75) is 19.3 Å². The zero-order chi connectivity index (χ0) is 39.0. The Morgan fingerprint density at radius 3 is 1.64 bits per heavy atom. The Morgan fingerprint density at radius 2 is 0.881 bits per heavy atom. The Labute approximate surface area is 340 Å². The van der Waals surface area contributed by atoms with Crippen LogP contribution in [0, 0.1) is 0 Å². The van der Waals surface area contributed by atoms with E-state index < -0.39 is 0 Å². The summed E-state index contributed by atoms with van der Waals surface area (Å²) in [5.41, 5.74) is 16.3. The normalized spacial score (nSPS) is 13.4. The molecule has 13 rings (SSSR count). The molecule has 0 saturated heterocycles. The number of rotatable bonds is 3. The van der Waals surface area contributed by atoms with Crippen LogP contribution in [0.3, 0.4) is 0 Å². The molecule has 2 aromatic heterocycles. The smallest absolute Gasteiger partial charge is 0.143 e. The summed E-state index contributed by atoms with van der Waals surface area (Å²) in [5, 5.41) is 11.9. The third-order valence-corrected chi connectivity index (χ3v) is 13.3. The summed E-state index contributed by atoms with van der Waals surface area (Å²) in [6.07, 6.45) is 0. The van der Waals surface area contributed by atoms with Crippen molar-refractivity contribution in [1.82, 2.24) is 0 Å². The van der Waals surface area contributed by atoms with E-state index in [1.54, 1.807) is 0 Å². The maximum absolute atomic E-state index is 6.64. The summed E-state index contributed by atoms with van der Waals surface area (Å²) in [4.78, 5) is 0. The lowest BCUT2D eigenvalue weighted by Crippen LogP contribution is -2.15. The lowest BCUT2D eigenvalue weighted by molar-refractivity contribution is 0.660. The first-order valence-electron chi connectivity index (χ1n) is 20.5. The van der Waals surface area contributed by atoms with Gasteiger partial charge in [0.1, 0.15) is 22.3 Å². The molecule has 0 fully saturated rings. The van der Waals surface area contributed by atoms with Gasteiger partial charge in [0.15, 0.2) is 0 Å². The molecule has 0 atom stereocenters. The minimum absolute atomic E-state index is 0.158. The molecule has 2 nitrogen and oxygen atoms in total. The van der Waals surface area contributed by atoms with E-state index in [0.29, 0.717) is 0 Å². The third kappa shape index (κ3) is 4.52. The molecule has 0 radical (unpaired) electrons. The highest BCUT2D eigenvalue weighted by Gasteiger charge is 2.36. The van der Waals surface area contributed by atoms with Crippen molar-refractivity contribution in [3.63, 3.8) is 0 Å². The zero-order valence-corrected chi connectivity index (χ0v) is 32.6. The minimum atomic E-state index is -0.158. The molecule has 2 heteroatoms. The summed E-state index contributed by atoms with van der Waals surface area (Å²) < 4.78 is 12.9. The van der Waals surface area contributed by atoms with Crippen LogP contribution in [0.4, 0.5) is 0 Å². The van der Waals surface area contributed by atoms with Crippen LogP contribution in [0.2, 0.25) is 0 Å². The molecule has 276 valence electrons. The second kappa shape index (κ2) is 11.8. The van der Waals surface area contributed by atoms with Crippen molar-refractivity contribution in [3.8, 4) is 44.5 Å². The zero-order valence-electron chi connectivity index (χ0n) is 32.6. The third-order valence-electron chi connectivity index (χ3n) is 13.3. The maximum Gasteiger partial charge on any atom is 0.143 e. The van der Waals surface area contributed by atoms with Crippen molar-refractivity contribution in [2.75, 3.05) is 0 Å². The number of furan rings is 2. The van der Waals surface area contributed by atoms with Gasteiger partial charge in [-0.1, -0.05) is 147 Å². The van der Waals surface area contributed by atoms with Gasteiger partial charge in [0.05, 0.1) is 0 Å². The molecule has 0 amide bonds. The van der Waals surface area contributed by atoms with Crippen molar-refractivity contribution < 1.29 is 8.83 Å². The fraction of sp³-hybridized carbons (Fsp3) is 0.0526. The van der Waals surface area contributed by atoms with Crippen LogP contribution < -0.4 is 0 Å². The molecule has 10 aromatic carbocycles. The first kappa shape index (κ1) is 32.6. The van der Waals surface area contributed by atoms with Crippen LogP contribution in [-0.2, 0) is 5.41 Å². The van der Waals surface area contributed by atoms with Gasteiger partial charge in [0.2, 0.25) is 0 Å². The topological polar surface area (TPSA) is 26.3 Å². The number of benzene rings is 10. The molecule has 59 heavy (non-hydrogen) atoms. The summed E-state index contributed by atoms with van der Waals surface area (Å²) in [6, 6.07) is 66.5. The summed E-state index contributed by atoms with van der Waals surface area (Å²) >= 11 is 0. The second-order valence-corrected chi connectivity index (χ2v) is 16.7. The number of hydrogen-bond donors (Lipinski definition) is 0. The molecule has 0 N–H and O–H groups in total. The Morgan fingerprint density at radius 1 is 0.322 bits per heavy atom.